The Hall–Kier alpha value is -1.37. The molecule has 0 saturated carbocycles. The van der Waals surface area contributed by atoms with E-state index in [0.29, 0.717) is 18.7 Å². The molecule has 0 spiro atoms. The molecule has 0 bridgehead atoms. The molecule has 90 valence electrons. The van der Waals surface area contributed by atoms with Crippen LogP contribution in [0, 0.1) is 0 Å². The molecular weight excluding hydrogens is 230 g/mol. The van der Waals surface area contributed by atoms with Crippen LogP contribution in [0.1, 0.15) is 20.3 Å². The van der Waals surface area contributed by atoms with Crippen molar-refractivity contribution in [2.45, 2.75) is 20.3 Å². The van der Waals surface area contributed by atoms with Crippen molar-refractivity contribution >= 4 is 15.7 Å². The van der Waals surface area contributed by atoms with Crippen LogP contribution in [-0.4, -0.2) is 30.7 Å². The van der Waals surface area contributed by atoms with Crippen LogP contribution in [0.15, 0.2) is 12.4 Å². The Morgan fingerprint density at radius 1 is 1.31 bits per heavy atom. The van der Waals surface area contributed by atoms with E-state index < -0.39 is 10.0 Å². The Morgan fingerprint density at radius 3 is 2.44 bits per heavy atom. The molecule has 1 N–H and O–H groups in total. The van der Waals surface area contributed by atoms with Crippen molar-refractivity contribution < 1.29 is 13.2 Å². The summed E-state index contributed by atoms with van der Waals surface area (Å²) in [5.41, 5.74) is 0.344. The van der Waals surface area contributed by atoms with Gasteiger partial charge in [-0.1, -0.05) is 6.92 Å². The minimum Gasteiger partial charge on any atom is -0.464 e. The highest BCUT2D eigenvalue weighted by atomic mass is 32.2. The SMILES string of the molecule is CCCS(=O)(=O)Nc1cnc(OCC)nc1. The molecule has 16 heavy (non-hydrogen) atoms. The van der Waals surface area contributed by atoms with E-state index in [1.54, 1.807) is 6.92 Å². The molecule has 0 aliphatic carbocycles. The predicted octanol–water partition coefficient (Wildman–Crippen LogP) is 1.03. The van der Waals surface area contributed by atoms with Crippen LogP contribution in [0.2, 0.25) is 0 Å². The van der Waals surface area contributed by atoms with Gasteiger partial charge >= 0.3 is 6.01 Å². The second kappa shape index (κ2) is 5.64. The zero-order chi connectivity index (χ0) is 12.0. The van der Waals surface area contributed by atoms with E-state index in [1.807, 2.05) is 6.92 Å². The lowest BCUT2D eigenvalue weighted by Crippen LogP contribution is -2.16. The third-order valence-electron chi connectivity index (χ3n) is 1.65. The van der Waals surface area contributed by atoms with Gasteiger partial charge in [-0.05, 0) is 13.3 Å². The molecule has 0 aliphatic rings. The van der Waals surface area contributed by atoms with E-state index in [-0.39, 0.29) is 11.8 Å². The molecule has 0 aliphatic heterocycles. The molecule has 0 aromatic carbocycles. The van der Waals surface area contributed by atoms with Crippen molar-refractivity contribution in [3.63, 3.8) is 0 Å². The first-order valence-corrected chi connectivity index (χ1v) is 6.68. The van der Waals surface area contributed by atoms with Crippen LogP contribution in [0.5, 0.6) is 6.01 Å². The number of hydrogen-bond donors (Lipinski definition) is 1. The smallest absolute Gasteiger partial charge is 0.316 e. The van der Waals surface area contributed by atoms with Crippen molar-refractivity contribution in [1.29, 1.82) is 0 Å². The van der Waals surface area contributed by atoms with Crippen LogP contribution in [-0.2, 0) is 10.0 Å². The predicted molar refractivity (Wildman–Crippen MR) is 60.9 cm³/mol. The fourth-order valence-corrected chi connectivity index (χ4v) is 2.18. The minimum atomic E-state index is -3.28. The summed E-state index contributed by atoms with van der Waals surface area (Å²) in [7, 11) is -3.28. The summed E-state index contributed by atoms with van der Waals surface area (Å²) in [6.07, 6.45) is 3.32. The summed E-state index contributed by atoms with van der Waals surface area (Å²) in [5, 5.41) is 0. The zero-order valence-electron chi connectivity index (χ0n) is 9.30. The van der Waals surface area contributed by atoms with Crippen LogP contribution < -0.4 is 9.46 Å². The molecule has 0 unspecified atom stereocenters. The van der Waals surface area contributed by atoms with E-state index in [2.05, 4.69) is 14.7 Å². The third kappa shape index (κ3) is 4.01. The molecule has 0 atom stereocenters. The lowest BCUT2D eigenvalue weighted by molar-refractivity contribution is 0.312. The summed E-state index contributed by atoms with van der Waals surface area (Å²) in [6.45, 7) is 4.09. The molecule has 0 fully saturated rings. The van der Waals surface area contributed by atoms with E-state index in [4.69, 9.17) is 4.74 Å². The van der Waals surface area contributed by atoms with E-state index in [1.165, 1.54) is 12.4 Å². The van der Waals surface area contributed by atoms with E-state index in [9.17, 15) is 8.42 Å². The van der Waals surface area contributed by atoms with Crippen molar-refractivity contribution in [1.82, 2.24) is 9.97 Å². The Balaban J connectivity index is 2.68. The first kappa shape index (κ1) is 12.7. The van der Waals surface area contributed by atoms with Crippen molar-refractivity contribution in [3.8, 4) is 6.01 Å². The molecular formula is C9H15N3O3S. The van der Waals surface area contributed by atoms with Gasteiger partial charge in [0.05, 0.1) is 30.4 Å². The second-order valence-electron chi connectivity index (χ2n) is 3.11. The molecule has 1 rings (SSSR count). The van der Waals surface area contributed by atoms with Gasteiger partial charge in [0.15, 0.2) is 0 Å². The largest absolute Gasteiger partial charge is 0.464 e. The maximum Gasteiger partial charge on any atom is 0.316 e. The highest BCUT2D eigenvalue weighted by Crippen LogP contribution is 2.09. The maximum absolute atomic E-state index is 11.4. The molecule has 1 aromatic heterocycles. The van der Waals surface area contributed by atoms with Crippen LogP contribution in [0.4, 0.5) is 5.69 Å². The quantitative estimate of drug-likeness (QED) is 0.809. The molecule has 7 heteroatoms. The highest BCUT2D eigenvalue weighted by molar-refractivity contribution is 7.92. The van der Waals surface area contributed by atoms with Crippen molar-refractivity contribution in [3.05, 3.63) is 12.4 Å². The van der Waals surface area contributed by atoms with Gasteiger partial charge in [-0.3, -0.25) is 4.72 Å². The van der Waals surface area contributed by atoms with Gasteiger partial charge in [0.2, 0.25) is 10.0 Å². The number of sulfonamides is 1. The van der Waals surface area contributed by atoms with Crippen molar-refractivity contribution in [2.75, 3.05) is 17.1 Å². The number of aromatic nitrogens is 2. The number of hydrogen-bond acceptors (Lipinski definition) is 5. The summed E-state index contributed by atoms with van der Waals surface area (Å²) in [5.74, 6) is 0.0835. The molecule has 6 nitrogen and oxygen atoms in total. The summed E-state index contributed by atoms with van der Waals surface area (Å²) >= 11 is 0. The summed E-state index contributed by atoms with van der Waals surface area (Å²) in [6, 6.07) is 0.237. The van der Waals surface area contributed by atoms with Gasteiger partial charge in [0, 0.05) is 0 Å². The lowest BCUT2D eigenvalue weighted by Gasteiger charge is -2.06. The van der Waals surface area contributed by atoms with E-state index in [0.717, 1.165) is 0 Å². The van der Waals surface area contributed by atoms with Crippen LogP contribution >= 0.6 is 0 Å². The zero-order valence-corrected chi connectivity index (χ0v) is 10.1. The number of ether oxygens (including phenoxy) is 1. The highest BCUT2D eigenvalue weighted by Gasteiger charge is 2.09. The molecule has 0 amide bonds. The summed E-state index contributed by atoms with van der Waals surface area (Å²) < 4.78 is 30.2. The second-order valence-corrected chi connectivity index (χ2v) is 4.95. The third-order valence-corrected chi connectivity index (χ3v) is 3.14. The van der Waals surface area contributed by atoms with Crippen LogP contribution in [0.25, 0.3) is 0 Å². The maximum atomic E-state index is 11.4. The van der Waals surface area contributed by atoms with Gasteiger partial charge < -0.3 is 4.74 Å². The Labute approximate surface area is 95.1 Å². The number of rotatable bonds is 6. The topological polar surface area (TPSA) is 81.2 Å². The number of anilines is 1. The van der Waals surface area contributed by atoms with Crippen LogP contribution in [0.3, 0.4) is 0 Å². The van der Waals surface area contributed by atoms with Gasteiger partial charge in [-0.2, -0.15) is 0 Å². The minimum absolute atomic E-state index is 0.0835. The molecule has 1 aromatic rings. The molecule has 0 radical (unpaired) electrons. The van der Waals surface area contributed by atoms with Gasteiger partial charge in [0.25, 0.3) is 0 Å². The normalized spacial score (nSPS) is 11.1. The Kier molecular flexibility index (Phi) is 4.48. The number of nitrogens with zero attached hydrogens (tertiary/aromatic N) is 2. The fourth-order valence-electron chi connectivity index (χ4n) is 1.07. The van der Waals surface area contributed by atoms with E-state index >= 15 is 0 Å². The van der Waals surface area contributed by atoms with Gasteiger partial charge in [-0.15, -0.1) is 0 Å². The monoisotopic (exact) mass is 245 g/mol. The standard InChI is InChI=1S/C9H15N3O3S/c1-3-5-16(13,14)12-8-6-10-9(11-7-8)15-4-2/h6-7,12H,3-5H2,1-2H3. The number of nitrogens with one attached hydrogen (secondary N) is 1. The van der Waals surface area contributed by atoms with Gasteiger partial charge in [-0.25, -0.2) is 18.4 Å². The Bertz CT molecular complexity index is 416. The molecule has 1 heterocycles. The average Bonchev–Trinajstić information content (AvgIpc) is 2.21. The lowest BCUT2D eigenvalue weighted by atomic mass is 10.6. The van der Waals surface area contributed by atoms with Gasteiger partial charge in [0.1, 0.15) is 0 Å². The van der Waals surface area contributed by atoms with Crippen molar-refractivity contribution in [2.24, 2.45) is 0 Å². The average molecular weight is 245 g/mol. The molecule has 0 saturated heterocycles. The first-order valence-electron chi connectivity index (χ1n) is 5.02. The fraction of sp³-hybridized carbons (Fsp3) is 0.556. The Morgan fingerprint density at radius 2 is 1.94 bits per heavy atom. The summed E-state index contributed by atoms with van der Waals surface area (Å²) in [4.78, 5) is 7.70. The first-order chi connectivity index (χ1) is 7.57.